The second-order valence-electron chi connectivity index (χ2n) is 6.25. The molecule has 1 aliphatic heterocycles. The molecule has 4 nitrogen and oxygen atoms in total. The number of piperidine rings is 1. The Balaban J connectivity index is 2.44. The maximum absolute atomic E-state index is 12.0. The summed E-state index contributed by atoms with van der Waals surface area (Å²) in [6, 6.07) is 0. The molecule has 18 heavy (non-hydrogen) atoms. The predicted molar refractivity (Wildman–Crippen MR) is 74.4 cm³/mol. The third-order valence-corrected chi connectivity index (χ3v) is 6.34. The maximum Gasteiger partial charge on any atom is 0.156 e. The number of aliphatic hydroxyl groups excluding tert-OH is 1. The molecule has 1 N–H and O–H groups in total. The van der Waals surface area contributed by atoms with Gasteiger partial charge in [0, 0.05) is 19.7 Å². The number of likely N-dealkylation sites (tertiary alicyclic amines) is 1. The quantitative estimate of drug-likeness (QED) is 0.823. The highest BCUT2D eigenvalue weighted by Gasteiger charge is 2.29. The first-order valence-corrected chi connectivity index (χ1v) is 8.47. The van der Waals surface area contributed by atoms with Crippen LogP contribution in [0, 0.1) is 5.92 Å². The number of hydrogen-bond donors (Lipinski definition) is 1. The molecule has 0 spiro atoms. The molecule has 0 bridgehead atoms. The highest BCUT2D eigenvalue weighted by Crippen LogP contribution is 2.20. The number of hydrogen-bond acceptors (Lipinski definition) is 4. The van der Waals surface area contributed by atoms with E-state index in [1.807, 2.05) is 0 Å². The van der Waals surface area contributed by atoms with Gasteiger partial charge >= 0.3 is 0 Å². The van der Waals surface area contributed by atoms with Crippen LogP contribution in [0.4, 0.5) is 0 Å². The van der Waals surface area contributed by atoms with E-state index in [9.17, 15) is 8.42 Å². The first-order valence-electron chi connectivity index (χ1n) is 6.82. The molecule has 1 fully saturated rings. The van der Waals surface area contributed by atoms with E-state index in [0.717, 1.165) is 32.4 Å². The third kappa shape index (κ3) is 4.52. The summed E-state index contributed by atoms with van der Waals surface area (Å²) >= 11 is 0. The van der Waals surface area contributed by atoms with E-state index < -0.39 is 14.6 Å². The molecule has 1 heterocycles. The Morgan fingerprint density at radius 2 is 2.00 bits per heavy atom. The van der Waals surface area contributed by atoms with Crippen LogP contribution in [-0.2, 0) is 9.84 Å². The van der Waals surface area contributed by atoms with Crippen molar-refractivity contribution >= 4 is 9.84 Å². The maximum atomic E-state index is 12.0. The fraction of sp³-hybridized carbons (Fsp3) is 1.00. The Labute approximate surface area is 111 Å². The number of nitrogens with zero attached hydrogens (tertiary/aromatic N) is 1. The molecular formula is C13H27NO3S. The fourth-order valence-electron chi connectivity index (χ4n) is 2.33. The van der Waals surface area contributed by atoms with Gasteiger partial charge in [-0.3, -0.25) is 0 Å². The minimum Gasteiger partial charge on any atom is -0.396 e. The van der Waals surface area contributed by atoms with Crippen LogP contribution < -0.4 is 0 Å². The average molecular weight is 277 g/mol. The van der Waals surface area contributed by atoms with Crippen LogP contribution in [0.3, 0.4) is 0 Å². The zero-order valence-electron chi connectivity index (χ0n) is 11.9. The lowest BCUT2D eigenvalue weighted by Gasteiger charge is -2.33. The summed E-state index contributed by atoms with van der Waals surface area (Å²) < 4.78 is 23.4. The lowest BCUT2D eigenvalue weighted by molar-refractivity contribution is 0.154. The van der Waals surface area contributed by atoms with Crippen LogP contribution in [0.2, 0.25) is 0 Å². The van der Waals surface area contributed by atoms with Crippen LogP contribution in [0.15, 0.2) is 0 Å². The first-order chi connectivity index (χ1) is 8.26. The van der Waals surface area contributed by atoms with Gasteiger partial charge in [-0.15, -0.1) is 0 Å². The van der Waals surface area contributed by atoms with Crippen molar-refractivity contribution in [1.29, 1.82) is 0 Å². The van der Waals surface area contributed by atoms with Crippen molar-refractivity contribution in [3.63, 3.8) is 0 Å². The van der Waals surface area contributed by atoms with E-state index in [0.29, 0.717) is 12.5 Å². The van der Waals surface area contributed by atoms with Gasteiger partial charge in [-0.25, -0.2) is 8.42 Å². The zero-order valence-corrected chi connectivity index (χ0v) is 12.7. The summed E-state index contributed by atoms with van der Waals surface area (Å²) in [5, 5.41) is 8.96. The number of sulfone groups is 1. The molecule has 1 aliphatic rings. The monoisotopic (exact) mass is 277 g/mol. The molecule has 1 atom stereocenters. The van der Waals surface area contributed by atoms with Gasteiger partial charge in [-0.05, 0) is 52.5 Å². The lowest BCUT2D eigenvalue weighted by atomic mass is 9.95. The first kappa shape index (κ1) is 15.9. The SMILES string of the molecule is CC(C)(C)S(=O)(=O)CCN1CCCC(CCO)C1. The molecule has 0 radical (unpaired) electrons. The van der Waals surface area contributed by atoms with Gasteiger partial charge in [0.15, 0.2) is 9.84 Å². The van der Waals surface area contributed by atoms with Gasteiger partial charge in [0.25, 0.3) is 0 Å². The molecule has 0 aromatic heterocycles. The van der Waals surface area contributed by atoms with Crippen LogP contribution >= 0.6 is 0 Å². The summed E-state index contributed by atoms with van der Waals surface area (Å²) in [5.41, 5.74) is 0. The fourth-order valence-corrected chi connectivity index (χ4v) is 3.44. The summed E-state index contributed by atoms with van der Waals surface area (Å²) in [5.74, 6) is 0.767. The Morgan fingerprint density at radius 1 is 1.33 bits per heavy atom. The molecule has 108 valence electrons. The molecule has 0 aromatic carbocycles. The largest absolute Gasteiger partial charge is 0.396 e. The Kier molecular flexibility index (Phi) is 5.62. The molecule has 0 saturated carbocycles. The van der Waals surface area contributed by atoms with E-state index in [1.165, 1.54) is 0 Å². The molecule has 1 saturated heterocycles. The molecule has 0 aromatic rings. The Bertz CT molecular complexity index is 344. The second kappa shape index (κ2) is 6.35. The van der Waals surface area contributed by atoms with E-state index in [1.54, 1.807) is 20.8 Å². The van der Waals surface area contributed by atoms with Crippen LogP contribution in [0.25, 0.3) is 0 Å². The highest BCUT2D eigenvalue weighted by molar-refractivity contribution is 7.92. The van der Waals surface area contributed by atoms with Crippen molar-refractivity contribution in [3.8, 4) is 0 Å². The Hall–Kier alpha value is -0.130. The van der Waals surface area contributed by atoms with Gasteiger partial charge < -0.3 is 10.0 Å². The van der Waals surface area contributed by atoms with E-state index >= 15 is 0 Å². The molecule has 0 aliphatic carbocycles. The smallest absolute Gasteiger partial charge is 0.156 e. The lowest BCUT2D eigenvalue weighted by Crippen LogP contribution is -2.41. The van der Waals surface area contributed by atoms with Crippen molar-refractivity contribution in [1.82, 2.24) is 4.90 Å². The van der Waals surface area contributed by atoms with Crippen molar-refractivity contribution < 1.29 is 13.5 Å². The Morgan fingerprint density at radius 3 is 2.56 bits per heavy atom. The average Bonchev–Trinajstić information content (AvgIpc) is 2.26. The van der Waals surface area contributed by atoms with Crippen LogP contribution in [0.1, 0.15) is 40.0 Å². The van der Waals surface area contributed by atoms with Crippen molar-refractivity contribution in [3.05, 3.63) is 0 Å². The van der Waals surface area contributed by atoms with Gasteiger partial charge in [0.2, 0.25) is 0 Å². The standard InChI is InChI=1S/C13H27NO3S/c1-13(2,3)18(16,17)10-8-14-7-4-5-12(11-14)6-9-15/h12,15H,4-11H2,1-3H3. The topological polar surface area (TPSA) is 57.6 Å². The molecule has 0 amide bonds. The van der Waals surface area contributed by atoms with Crippen LogP contribution in [-0.4, -0.2) is 55.2 Å². The summed E-state index contributed by atoms with van der Waals surface area (Å²) in [6.45, 7) is 8.05. The molecule has 5 heteroatoms. The van der Waals surface area contributed by atoms with Crippen molar-refractivity contribution in [2.24, 2.45) is 5.92 Å². The van der Waals surface area contributed by atoms with Gasteiger partial charge in [0.1, 0.15) is 0 Å². The van der Waals surface area contributed by atoms with Crippen molar-refractivity contribution in [2.75, 3.05) is 32.0 Å². The molecule has 1 unspecified atom stereocenters. The van der Waals surface area contributed by atoms with E-state index in [-0.39, 0.29) is 12.4 Å². The molecular weight excluding hydrogens is 250 g/mol. The van der Waals surface area contributed by atoms with Gasteiger partial charge in [0.05, 0.1) is 10.5 Å². The highest BCUT2D eigenvalue weighted by atomic mass is 32.2. The van der Waals surface area contributed by atoms with Gasteiger partial charge in [-0.2, -0.15) is 0 Å². The summed E-state index contributed by atoms with van der Waals surface area (Å²) in [6.07, 6.45) is 3.10. The van der Waals surface area contributed by atoms with E-state index in [2.05, 4.69) is 4.90 Å². The third-order valence-electron chi connectivity index (χ3n) is 3.75. The number of rotatable bonds is 5. The summed E-state index contributed by atoms with van der Waals surface area (Å²) in [7, 11) is -3.02. The predicted octanol–water partition coefficient (Wildman–Crippen LogP) is 1.29. The second-order valence-corrected chi connectivity index (χ2v) is 9.11. The van der Waals surface area contributed by atoms with Gasteiger partial charge in [-0.1, -0.05) is 0 Å². The molecule has 1 rings (SSSR count). The van der Waals surface area contributed by atoms with Crippen LogP contribution in [0.5, 0.6) is 0 Å². The normalized spacial score (nSPS) is 23.2. The zero-order chi connectivity index (χ0) is 13.8. The summed E-state index contributed by atoms with van der Waals surface area (Å²) in [4.78, 5) is 2.23. The van der Waals surface area contributed by atoms with E-state index in [4.69, 9.17) is 5.11 Å². The van der Waals surface area contributed by atoms with Crippen molar-refractivity contribution in [2.45, 2.75) is 44.8 Å². The number of aliphatic hydroxyl groups is 1. The minimum atomic E-state index is -3.02. The minimum absolute atomic E-state index is 0.235.